The molecule has 1 aromatic rings. The summed E-state index contributed by atoms with van der Waals surface area (Å²) < 4.78 is 5.09. The third-order valence-corrected chi connectivity index (χ3v) is 4.82. The zero-order valence-corrected chi connectivity index (χ0v) is 19.5. The molecule has 154 valence electrons. The second kappa shape index (κ2) is 14.0. The molecule has 1 aliphatic heterocycles. The molecule has 0 saturated carbocycles. The number of benzene rings is 1. The molecule has 1 saturated heterocycles. The van der Waals surface area contributed by atoms with E-state index in [-0.39, 0.29) is 30.0 Å². The Hall–Kier alpha value is -1.02. The van der Waals surface area contributed by atoms with Crippen LogP contribution in [0.5, 0.6) is 0 Å². The molecule has 0 bridgehead atoms. The van der Waals surface area contributed by atoms with Crippen molar-refractivity contribution in [3.05, 3.63) is 29.8 Å². The first-order chi connectivity index (χ1) is 12.7. The van der Waals surface area contributed by atoms with Gasteiger partial charge in [0, 0.05) is 45.6 Å². The van der Waals surface area contributed by atoms with Gasteiger partial charge in [-0.1, -0.05) is 12.1 Å². The van der Waals surface area contributed by atoms with E-state index in [1.54, 1.807) is 7.11 Å². The van der Waals surface area contributed by atoms with Gasteiger partial charge in [0.15, 0.2) is 5.96 Å². The fraction of sp³-hybridized carbons (Fsp3) is 0.667. The second-order valence-corrected chi connectivity index (χ2v) is 6.97. The van der Waals surface area contributed by atoms with Crippen LogP contribution in [0.1, 0.15) is 57.6 Å². The highest BCUT2D eigenvalue weighted by Gasteiger charge is 2.14. The predicted octanol–water partition coefficient (Wildman–Crippen LogP) is 4.34. The van der Waals surface area contributed by atoms with Crippen LogP contribution in [0.15, 0.2) is 29.3 Å². The first-order valence-corrected chi connectivity index (χ1v) is 10.1. The van der Waals surface area contributed by atoms with Crippen LogP contribution in [-0.4, -0.2) is 45.9 Å². The summed E-state index contributed by atoms with van der Waals surface area (Å²) in [7, 11) is 1.76. The van der Waals surface area contributed by atoms with Gasteiger partial charge in [-0.15, -0.1) is 24.0 Å². The van der Waals surface area contributed by atoms with Gasteiger partial charge in [-0.25, -0.2) is 0 Å². The Balaban J connectivity index is 0.00000364. The van der Waals surface area contributed by atoms with Gasteiger partial charge in [0.2, 0.25) is 0 Å². The van der Waals surface area contributed by atoms with Crippen molar-refractivity contribution in [1.82, 2.24) is 10.6 Å². The molecule has 5 nitrogen and oxygen atoms in total. The molecular weight excluding hydrogens is 451 g/mol. The van der Waals surface area contributed by atoms with E-state index in [0.29, 0.717) is 0 Å². The Morgan fingerprint density at radius 1 is 1.22 bits per heavy atom. The molecule has 6 heteroatoms. The molecule has 0 spiro atoms. The van der Waals surface area contributed by atoms with E-state index >= 15 is 0 Å². The van der Waals surface area contributed by atoms with Gasteiger partial charge in [0.1, 0.15) is 0 Å². The summed E-state index contributed by atoms with van der Waals surface area (Å²) in [5, 5.41) is 6.91. The van der Waals surface area contributed by atoms with Gasteiger partial charge in [-0.05, 0) is 63.6 Å². The summed E-state index contributed by atoms with van der Waals surface area (Å²) >= 11 is 0. The molecular formula is C21H37IN4O. The third kappa shape index (κ3) is 8.68. The van der Waals surface area contributed by atoms with Gasteiger partial charge >= 0.3 is 0 Å². The van der Waals surface area contributed by atoms with E-state index in [0.717, 1.165) is 44.9 Å². The Morgan fingerprint density at radius 3 is 2.70 bits per heavy atom. The maximum absolute atomic E-state index is 5.09. The third-order valence-electron chi connectivity index (χ3n) is 4.82. The summed E-state index contributed by atoms with van der Waals surface area (Å²) in [6, 6.07) is 9.13. The lowest BCUT2D eigenvalue weighted by atomic mass is 10.1. The number of halogens is 1. The molecule has 0 amide bonds. The van der Waals surface area contributed by atoms with Crippen LogP contribution in [0.25, 0.3) is 0 Å². The number of hydrogen-bond donors (Lipinski definition) is 2. The number of ether oxygens (including phenoxy) is 1. The lowest BCUT2D eigenvalue weighted by molar-refractivity contribution is 0.192. The van der Waals surface area contributed by atoms with Crippen molar-refractivity contribution < 1.29 is 4.74 Å². The minimum Gasteiger partial charge on any atom is -0.385 e. The number of guanidine groups is 1. The number of aliphatic imine (C=N–C) groups is 1. The quantitative estimate of drug-likeness (QED) is 0.223. The van der Waals surface area contributed by atoms with Gasteiger partial charge in [0.25, 0.3) is 0 Å². The van der Waals surface area contributed by atoms with Crippen molar-refractivity contribution in [3.8, 4) is 0 Å². The first-order valence-electron chi connectivity index (χ1n) is 10.1. The van der Waals surface area contributed by atoms with Crippen LogP contribution in [0.2, 0.25) is 0 Å². The average molecular weight is 488 g/mol. The molecule has 1 heterocycles. The SMILES string of the molecule is CCNC(=NCCCCCOC)NC(C)c1cccc(N2CCCC2)c1.I. The van der Waals surface area contributed by atoms with Crippen LogP contribution in [0.4, 0.5) is 5.69 Å². The van der Waals surface area contributed by atoms with Crippen LogP contribution >= 0.6 is 24.0 Å². The van der Waals surface area contributed by atoms with E-state index < -0.39 is 0 Å². The number of hydrogen-bond acceptors (Lipinski definition) is 3. The topological polar surface area (TPSA) is 48.9 Å². The van der Waals surface area contributed by atoms with E-state index in [4.69, 9.17) is 9.73 Å². The smallest absolute Gasteiger partial charge is 0.191 e. The largest absolute Gasteiger partial charge is 0.385 e. The van der Waals surface area contributed by atoms with Gasteiger partial charge in [-0.3, -0.25) is 4.99 Å². The Labute approximate surface area is 182 Å². The lowest BCUT2D eigenvalue weighted by Gasteiger charge is -2.22. The molecule has 1 aromatic carbocycles. The maximum atomic E-state index is 5.09. The molecule has 1 fully saturated rings. The fourth-order valence-corrected chi connectivity index (χ4v) is 3.30. The molecule has 0 radical (unpaired) electrons. The second-order valence-electron chi connectivity index (χ2n) is 6.97. The van der Waals surface area contributed by atoms with Gasteiger partial charge in [0.05, 0.1) is 6.04 Å². The minimum absolute atomic E-state index is 0. The van der Waals surface area contributed by atoms with Crippen molar-refractivity contribution in [3.63, 3.8) is 0 Å². The Morgan fingerprint density at radius 2 is 2.00 bits per heavy atom. The number of methoxy groups -OCH3 is 1. The number of nitrogens with one attached hydrogen (secondary N) is 2. The summed E-state index contributed by atoms with van der Waals surface area (Å²) in [6.45, 7) is 9.22. The molecule has 1 unspecified atom stereocenters. The van der Waals surface area contributed by atoms with Crippen LogP contribution in [0, 0.1) is 0 Å². The van der Waals surface area contributed by atoms with Crippen molar-refractivity contribution >= 4 is 35.6 Å². The summed E-state index contributed by atoms with van der Waals surface area (Å²) in [6.07, 6.45) is 5.97. The van der Waals surface area contributed by atoms with E-state index in [1.165, 1.54) is 37.2 Å². The normalized spacial score (nSPS) is 15.4. The maximum Gasteiger partial charge on any atom is 0.191 e. The highest BCUT2D eigenvalue weighted by molar-refractivity contribution is 14.0. The summed E-state index contributed by atoms with van der Waals surface area (Å²) in [5.74, 6) is 0.901. The van der Waals surface area contributed by atoms with E-state index in [1.807, 2.05) is 0 Å². The zero-order chi connectivity index (χ0) is 18.6. The number of rotatable bonds is 10. The lowest BCUT2D eigenvalue weighted by Crippen LogP contribution is -2.38. The van der Waals surface area contributed by atoms with Gasteiger partial charge < -0.3 is 20.3 Å². The summed E-state index contributed by atoms with van der Waals surface area (Å²) in [5.41, 5.74) is 2.65. The predicted molar refractivity (Wildman–Crippen MR) is 127 cm³/mol. The standard InChI is InChI=1S/C21H36N4O.HI/c1-4-22-21(23-13-6-5-9-16-26-3)24-18(2)19-11-10-12-20(17-19)25-14-7-8-15-25;/h10-12,17-18H,4-9,13-16H2,1-3H3,(H2,22,23,24);1H. The van der Waals surface area contributed by atoms with Crippen molar-refractivity contribution in [2.75, 3.05) is 44.8 Å². The molecule has 0 aliphatic carbocycles. The molecule has 0 aromatic heterocycles. The number of anilines is 1. The zero-order valence-electron chi connectivity index (χ0n) is 17.2. The highest BCUT2D eigenvalue weighted by Crippen LogP contribution is 2.23. The molecule has 27 heavy (non-hydrogen) atoms. The molecule has 1 atom stereocenters. The van der Waals surface area contributed by atoms with Crippen LogP contribution in [-0.2, 0) is 4.74 Å². The van der Waals surface area contributed by atoms with E-state index in [2.05, 4.69) is 53.6 Å². The monoisotopic (exact) mass is 488 g/mol. The van der Waals surface area contributed by atoms with Crippen LogP contribution < -0.4 is 15.5 Å². The molecule has 1 aliphatic rings. The van der Waals surface area contributed by atoms with Gasteiger partial charge in [-0.2, -0.15) is 0 Å². The Bertz CT molecular complexity index is 547. The minimum atomic E-state index is 0. The van der Waals surface area contributed by atoms with Crippen LogP contribution in [0.3, 0.4) is 0 Å². The summed E-state index contributed by atoms with van der Waals surface area (Å²) in [4.78, 5) is 7.20. The van der Waals surface area contributed by atoms with Crippen molar-refractivity contribution in [1.29, 1.82) is 0 Å². The Kier molecular flexibility index (Phi) is 12.5. The van der Waals surface area contributed by atoms with Crippen molar-refractivity contribution in [2.24, 2.45) is 4.99 Å². The number of nitrogens with zero attached hydrogens (tertiary/aromatic N) is 2. The molecule has 2 rings (SSSR count). The fourth-order valence-electron chi connectivity index (χ4n) is 3.30. The van der Waals surface area contributed by atoms with E-state index in [9.17, 15) is 0 Å². The van der Waals surface area contributed by atoms with Crippen molar-refractivity contribution in [2.45, 2.75) is 52.0 Å². The first kappa shape index (κ1) is 24.0. The molecule has 2 N–H and O–H groups in total. The number of unbranched alkanes of at least 4 members (excludes halogenated alkanes) is 2. The highest BCUT2D eigenvalue weighted by atomic mass is 127. The average Bonchev–Trinajstić information content (AvgIpc) is 3.19.